The van der Waals surface area contributed by atoms with Gasteiger partial charge in [-0.3, -0.25) is 4.79 Å². The van der Waals surface area contributed by atoms with Gasteiger partial charge in [0.25, 0.3) is 0 Å². The number of nitrogens with one attached hydrogen (secondary N) is 1. The maximum atomic E-state index is 13.5. The summed E-state index contributed by atoms with van der Waals surface area (Å²) in [5.74, 6) is 1.22. The van der Waals surface area contributed by atoms with Gasteiger partial charge in [0.15, 0.2) is 11.5 Å². The molecule has 4 rings (SSSR count). The van der Waals surface area contributed by atoms with Crippen molar-refractivity contribution in [3.8, 4) is 35.0 Å². The van der Waals surface area contributed by atoms with E-state index in [2.05, 4.69) is 11.2 Å². The number of carboxylic acids is 1. The Kier molecular flexibility index (Phi) is 6.33. The lowest BCUT2D eigenvalue weighted by atomic mass is 9.88. The van der Waals surface area contributed by atoms with Gasteiger partial charge in [0.2, 0.25) is 5.91 Å². The molecule has 1 aliphatic rings. The van der Waals surface area contributed by atoms with E-state index in [-0.39, 0.29) is 29.7 Å². The molecule has 0 unspecified atom stereocenters. The van der Waals surface area contributed by atoms with Crippen molar-refractivity contribution >= 4 is 28.9 Å². The summed E-state index contributed by atoms with van der Waals surface area (Å²) in [5.41, 5.74) is 2.11. The van der Waals surface area contributed by atoms with E-state index in [0.717, 1.165) is 16.9 Å². The van der Waals surface area contributed by atoms with Gasteiger partial charge in [-0.25, -0.2) is 9.18 Å². The summed E-state index contributed by atoms with van der Waals surface area (Å²) in [6.07, 6.45) is 5.43. The Morgan fingerprint density at radius 1 is 1.24 bits per heavy atom. The third-order valence-electron chi connectivity index (χ3n) is 5.21. The molecule has 6 nitrogen and oxygen atoms in total. The summed E-state index contributed by atoms with van der Waals surface area (Å²) in [6.45, 7) is 2.34. The van der Waals surface area contributed by atoms with Crippen LogP contribution in [0, 0.1) is 18.2 Å². The highest BCUT2D eigenvalue weighted by atomic mass is 32.1. The molecule has 2 N–H and O–H groups in total. The molecule has 2 heterocycles. The molecular formula is C25H20FNO5S. The number of rotatable bonds is 7. The highest BCUT2D eigenvalue weighted by Gasteiger charge is 2.34. The molecule has 0 bridgehead atoms. The lowest BCUT2D eigenvalue weighted by molar-refractivity contribution is -0.116. The second kappa shape index (κ2) is 9.35. The third-order valence-corrected chi connectivity index (χ3v) is 6.51. The molecule has 0 saturated carbocycles. The van der Waals surface area contributed by atoms with Crippen LogP contribution in [0.25, 0.3) is 11.1 Å². The zero-order valence-corrected chi connectivity index (χ0v) is 18.5. The van der Waals surface area contributed by atoms with Crippen LogP contribution < -0.4 is 14.8 Å². The fourth-order valence-corrected chi connectivity index (χ4v) is 5.09. The van der Waals surface area contributed by atoms with Crippen LogP contribution in [-0.2, 0) is 4.79 Å². The lowest BCUT2D eigenvalue weighted by Gasteiger charge is -2.24. The first kappa shape index (κ1) is 22.4. The van der Waals surface area contributed by atoms with E-state index in [1.54, 1.807) is 12.1 Å². The number of benzene rings is 2. The molecule has 1 amide bonds. The molecule has 8 heteroatoms. The van der Waals surface area contributed by atoms with Gasteiger partial charge in [-0.05, 0) is 42.3 Å². The molecule has 1 atom stereocenters. The molecule has 1 aromatic heterocycles. The third kappa shape index (κ3) is 4.41. The second-order valence-corrected chi connectivity index (χ2v) is 8.35. The number of carboxylic acid groups (broad SMARTS) is 1. The first-order valence-corrected chi connectivity index (χ1v) is 11.0. The average Bonchev–Trinajstić information content (AvgIpc) is 3.18. The smallest absolute Gasteiger partial charge is 0.346 e. The van der Waals surface area contributed by atoms with Gasteiger partial charge in [-0.15, -0.1) is 17.8 Å². The number of thiophene rings is 1. The molecule has 2 aromatic carbocycles. The number of fused-ring (bicyclic) bond motifs is 1. The number of ether oxygens (including phenoxy) is 2. The highest BCUT2D eigenvalue weighted by Crippen LogP contribution is 2.50. The van der Waals surface area contributed by atoms with Crippen molar-refractivity contribution in [2.75, 3.05) is 18.5 Å². The Hall–Kier alpha value is -3.83. The van der Waals surface area contributed by atoms with Gasteiger partial charge in [0.05, 0.1) is 12.3 Å². The summed E-state index contributed by atoms with van der Waals surface area (Å²) in [5, 5.41) is 12.7. The number of amides is 1. The second-order valence-electron chi connectivity index (χ2n) is 7.29. The number of carbonyl (C=O) groups is 2. The van der Waals surface area contributed by atoms with Crippen molar-refractivity contribution in [2.24, 2.45) is 0 Å². The van der Waals surface area contributed by atoms with Crippen LogP contribution in [0.4, 0.5) is 10.1 Å². The SMILES string of the molecule is C#CCOc1ccc([C@@H]2CC(=O)Nc3c2sc(C(=O)O)c3-c2ccc(F)cc2)cc1OCC. The zero-order chi connectivity index (χ0) is 23.5. The molecule has 0 aliphatic carbocycles. The first-order chi connectivity index (χ1) is 15.9. The standard InChI is InChI=1S/C25H20FNO5S/c1-3-11-32-18-10-7-15(12-19(18)31-4-2)17-13-20(28)27-22-21(14-5-8-16(26)9-6-14)24(25(29)30)33-23(17)22/h1,5-10,12,17H,4,11,13H2,2H3,(H,27,28)(H,29,30)/t17-/m0/s1. The monoisotopic (exact) mass is 465 g/mol. The van der Waals surface area contributed by atoms with Crippen LogP contribution in [0.15, 0.2) is 42.5 Å². The normalized spacial score (nSPS) is 14.7. The van der Waals surface area contributed by atoms with Gasteiger partial charge >= 0.3 is 5.97 Å². The van der Waals surface area contributed by atoms with Crippen LogP contribution in [0.3, 0.4) is 0 Å². The van der Waals surface area contributed by atoms with Crippen LogP contribution in [0.5, 0.6) is 11.5 Å². The van der Waals surface area contributed by atoms with Gasteiger partial charge in [0, 0.05) is 22.8 Å². The minimum absolute atomic E-state index is 0.0813. The van der Waals surface area contributed by atoms with Gasteiger partial charge < -0.3 is 19.9 Å². The van der Waals surface area contributed by atoms with Crippen molar-refractivity contribution in [3.63, 3.8) is 0 Å². The van der Waals surface area contributed by atoms with Crippen molar-refractivity contribution in [3.05, 3.63) is 63.6 Å². The molecular weight excluding hydrogens is 445 g/mol. The van der Waals surface area contributed by atoms with E-state index in [1.165, 1.54) is 24.3 Å². The van der Waals surface area contributed by atoms with Gasteiger partial charge in [0.1, 0.15) is 17.3 Å². The molecule has 168 valence electrons. The van der Waals surface area contributed by atoms with E-state index in [0.29, 0.717) is 39.8 Å². The number of terminal acetylenes is 1. The van der Waals surface area contributed by atoms with E-state index >= 15 is 0 Å². The summed E-state index contributed by atoms with van der Waals surface area (Å²) in [4.78, 5) is 25.5. The quantitative estimate of drug-likeness (QED) is 0.472. The summed E-state index contributed by atoms with van der Waals surface area (Å²) in [7, 11) is 0. The molecule has 0 fully saturated rings. The predicted molar refractivity (Wildman–Crippen MR) is 124 cm³/mol. The summed E-state index contributed by atoms with van der Waals surface area (Å²) >= 11 is 1.10. The van der Waals surface area contributed by atoms with Crippen LogP contribution in [0.2, 0.25) is 0 Å². The van der Waals surface area contributed by atoms with Crippen molar-refractivity contribution in [1.29, 1.82) is 0 Å². The topological polar surface area (TPSA) is 84.9 Å². The summed E-state index contributed by atoms with van der Waals surface area (Å²) in [6, 6.07) is 10.9. The maximum absolute atomic E-state index is 13.5. The fraction of sp³-hybridized carbons (Fsp3) is 0.200. The minimum Gasteiger partial charge on any atom is -0.490 e. The highest BCUT2D eigenvalue weighted by molar-refractivity contribution is 7.15. The van der Waals surface area contributed by atoms with E-state index in [4.69, 9.17) is 15.9 Å². The molecule has 33 heavy (non-hydrogen) atoms. The number of hydrogen-bond donors (Lipinski definition) is 2. The van der Waals surface area contributed by atoms with E-state index < -0.39 is 11.8 Å². The first-order valence-electron chi connectivity index (χ1n) is 10.2. The van der Waals surface area contributed by atoms with E-state index in [9.17, 15) is 19.1 Å². The minimum atomic E-state index is -1.12. The van der Waals surface area contributed by atoms with Crippen molar-refractivity contribution < 1.29 is 28.6 Å². The molecule has 0 spiro atoms. The number of anilines is 1. The lowest BCUT2D eigenvalue weighted by Crippen LogP contribution is -2.22. The van der Waals surface area contributed by atoms with Crippen LogP contribution in [0.1, 0.15) is 39.4 Å². The number of halogens is 1. The maximum Gasteiger partial charge on any atom is 0.346 e. The molecule has 0 radical (unpaired) electrons. The molecule has 3 aromatic rings. The predicted octanol–water partition coefficient (Wildman–Crippen LogP) is 5.14. The molecule has 1 aliphatic heterocycles. The Bertz CT molecular complexity index is 1260. The average molecular weight is 466 g/mol. The zero-order valence-electron chi connectivity index (χ0n) is 17.7. The van der Waals surface area contributed by atoms with Crippen LogP contribution in [-0.4, -0.2) is 30.2 Å². The number of carbonyl (C=O) groups excluding carboxylic acids is 1. The number of aromatic carboxylic acids is 1. The Morgan fingerprint density at radius 3 is 2.67 bits per heavy atom. The Labute approximate surface area is 194 Å². The summed E-state index contributed by atoms with van der Waals surface area (Å²) < 4.78 is 24.7. The Balaban J connectivity index is 1.84. The van der Waals surface area contributed by atoms with Crippen molar-refractivity contribution in [1.82, 2.24) is 0 Å². The fourth-order valence-electron chi connectivity index (χ4n) is 3.85. The van der Waals surface area contributed by atoms with Crippen molar-refractivity contribution in [2.45, 2.75) is 19.3 Å². The van der Waals surface area contributed by atoms with Gasteiger partial charge in [-0.1, -0.05) is 24.1 Å². The Morgan fingerprint density at radius 2 is 2.00 bits per heavy atom. The number of hydrogen-bond acceptors (Lipinski definition) is 5. The van der Waals surface area contributed by atoms with Gasteiger partial charge in [-0.2, -0.15) is 0 Å². The van der Waals surface area contributed by atoms with Crippen LogP contribution >= 0.6 is 11.3 Å². The molecule has 0 saturated heterocycles. The largest absolute Gasteiger partial charge is 0.490 e. The van der Waals surface area contributed by atoms with E-state index in [1.807, 2.05) is 13.0 Å².